The predicted molar refractivity (Wildman–Crippen MR) is 68.1 cm³/mol. The Bertz CT molecular complexity index is 391. The van der Waals surface area contributed by atoms with Gasteiger partial charge in [0.15, 0.2) is 0 Å². The number of carbonyl (C=O) groups is 1. The highest BCUT2D eigenvalue weighted by Crippen LogP contribution is 2.21. The monoisotopic (exact) mass is 236 g/mol. The first kappa shape index (κ1) is 13.5. The van der Waals surface area contributed by atoms with Crippen LogP contribution in [-0.2, 0) is 0 Å². The lowest BCUT2D eigenvalue weighted by molar-refractivity contribution is 0.0933. The van der Waals surface area contributed by atoms with Crippen LogP contribution >= 0.6 is 0 Å². The molecule has 1 atom stereocenters. The van der Waals surface area contributed by atoms with Gasteiger partial charge in [0.2, 0.25) is 0 Å². The SMILES string of the molecule is CCCC(CN)NC(=O)c1cccc(C)c1O. The number of phenolic OH excluding ortho intramolecular Hbond substituents is 1. The summed E-state index contributed by atoms with van der Waals surface area (Å²) in [6, 6.07) is 5.09. The van der Waals surface area contributed by atoms with Crippen LogP contribution in [0.4, 0.5) is 0 Å². The van der Waals surface area contributed by atoms with Crippen LogP contribution in [0.1, 0.15) is 35.7 Å². The zero-order valence-electron chi connectivity index (χ0n) is 10.4. The van der Waals surface area contributed by atoms with Crippen molar-refractivity contribution in [2.45, 2.75) is 32.7 Å². The number of hydrogen-bond donors (Lipinski definition) is 3. The standard InChI is InChI=1S/C13H20N2O2/c1-3-5-10(8-14)15-13(17)11-7-4-6-9(2)12(11)16/h4,6-7,10,16H,3,5,8,14H2,1-2H3,(H,15,17). The van der Waals surface area contributed by atoms with Crippen LogP contribution in [0.2, 0.25) is 0 Å². The quantitative estimate of drug-likeness (QED) is 0.726. The molecular weight excluding hydrogens is 216 g/mol. The van der Waals surface area contributed by atoms with Crippen molar-refractivity contribution in [3.63, 3.8) is 0 Å². The lowest BCUT2D eigenvalue weighted by Crippen LogP contribution is -2.40. The summed E-state index contributed by atoms with van der Waals surface area (Å²) in [4.78, 5) is 11.9. The van der Waals surface area contributed by atoms with Crippen LogP contribution in [0.25, 0.3) is 0 Å². The van der Waals surface area contributed by atoms with Gasteiger partial charge in [0.05, 0.1) is 5.56 Å². The molecule has 1 rings (SSSR count). The Hall–Kier alpha value is -1.55. The van der Waals surface area contributed by atoms with E-state index < -0.39 is 0 Å². The Morgan fingerprint density at radius 1 is 1.53 bits per heavy atom. The summed E-state index contributed by atoms with van der Waals surface area (Å²) in [6.07, 6.45) is 1.80. The lowest BCUT2D eigenvalue weighted by Gasteiger charge is -2.16. The lowest BCUT2D eigenvalue weighted by atomic mass is 10.1. The van der Waals surface area contributed by atoms with Gasteiger partial charge in [-0.2, -0.15) is 0 Å². The summed E-state index contributed by atoms with van der Waals surface area (Å²) in [7, 11) is 0. The number of phenols is 1. The summed E-state index contributed by atoms with van der Waals surface area (Å²) in [5, 5.41) is 12.6. The normalized spacial score (nSPS) is 12.2. The van der Waals surface area contributed by atoms with Gasteiger partial charge in [-0.25, -0.2) is 0 Å². The minimum Gasteiger partial charge on any atom is -0.507 e. The van der Waals surface area contributed by atoms with E-state index >= 15 is 0 Å². The van der Waals surface area contributed by atoms with Crippen molar-refractivity contribution in [1.29, 1.82) is 0 Å². The Morgan fingerprint density at radius 2 is 2.24 bits per heavy atom. The van der Waals surface area contributed by atoms with E-state index in [0.29, 0.717) is 17.7 Å². The third kappa shape index (κ3) is 3.46. The smallest absolute Gasteiger partial charge is 0.255 e. The van der Waals surface area contributed by atoms with Gasteiger partial charge in [-0.1, -0.05) is 25.5 Å². The molecule has 0 aliphatic carbocycles. The Balaban J connectivity index is 2.79. The molecule has 0 saturated carbocycles. The van der Waals surface area contributed by atoms with Gasteiger partial charge in [-0.15, -0.1) is 0 Å². The number of para-hydroxylation sites is 1. The molecule has 4 nitrogen and oxygen atoms in total. The van der Waals surface area contributed by atoms with E-state index in [1.54, 1.807) is 25.1 Å². The van der Waals surface area contributed by atoms with Crippen molar-refractivity contribution in [2.24, 2.45) is 5.73 Å². The molecule has 1 aromatic carbocycles. The number of benzene rings is 1. The molecule has 94 valence electrons. The Morgan fingerprint density at radius 3 is 2.82 bits per heavy atom. The van der Waals surface area contributed by atoms with Crippen molar-refractivity contribution in [1.82, 2.24) is 5.32 Å². The maximum Gasteiger partial charge on any atom is 0.255 e. The van der Waals surface area contributed by atoms with E-state index in [0.717, 1.165) is 12.8 Å². The number of rotatable bonds is 5. The van der Waals surface area contributed by atoms with Crippen LogP contribution in [-0.4, -0.2) is 23.6 Å². The Labute approximate surface area is 102 Å². The largest absolute Gasteiger partial charge is 0.507 e. The van der Waals surface area contributed by atoms with Crippen molar-refractivity contribution in [3.8, 4) is 5.75 Å². The van der Waals surface area contributed by atoms with Gasteiger partial charge in [0, 0.05) is 12.6 Å². The van der Waals surface area contributed by atoms with Crippen LogP contribution in [0, 0.1) is 6.92 Å². The molecule has 0 bridgehead atoms. The summed E-state index contributed by atoms with van der Waals surface area (Å²) >= 11 is 0. The highest BCUT2D eigenvalue weighted by molar-refractivity contribution is 5.97. The number of hydrogen-bond acceptors (Lipinski definition) is 3. The molecule has 0 spiro atoms. The Kier molecular flexibility index (Phi) is 4.97. The van der Waals surface area contributed by atoms with E-state index in [1.807, 2.05) is 6.92 Å². The summed E-state index contributed by atoms with van der Waals surface area (Å²) in [6.45, 7) is 4.21. The number of aryl methyl sites for hydroxylation is 1. The van der Waals surface area contributed by atoms with E-state index in [4.69, 9.17) is 5.73 Å². The molecule has 0 radical (unpaired) electrons. The minimum absolute atomic E-state index is 0.0348. The van der Waals surface area contributed by atoms with E-state index in [-0.39, 0.29) is 17.7 Å². The predicted octanol–water partition coefficient (Wildman–Crippen LogP) is 1.56. The van der Waals surface area contributed by atoms with E-state index in [1.165, 1.54) is 0 Å². The third-order valence-electron chi connectivity index (χ3n) is 2.74. The van der Waals surface area contributed by atoms with Crippen molar-refractivity contribution >= 4 is 5.91 Å². The first-order chi connectivity index (χ1) is 8.10. The highest BCUT2D eigenvalue weighted by atomic mass is 16.3. The third-order valence-corrected chi connectivity index (χ3v) is 2.74. The van der Waals surface area contributed by atoms with Gasteiger partial charge in [0.25, 0.3) is 5.91 Å². The van der Waals surface area contributed by atoms with Crippen LogP contribution in [0.5, 0.6) is 5.75 Å². The van der Waals surface area contributed by atoms with Crippen LogP contribution < -0.4 is 11.1 Å². The van der Waals surface area contributed by atoms with Gasteiger partial charge in [-0.3, -0.25) is 4.79 Å². The second kappa shape index (κ2) is 6.25. The minimum atomic E-state index is -0.268. The van der Waals surface area contributed by atoms with E-state index in [2.05, 4.69) is 5.32 Å². The topological polar surface area (TPSA) is 75.3 Å². The number of nitrogens with two attached hydrogens (primary N) is 1. The molecule has 0 aromatic heterocycles. The zero-order valence-corrected chi connectivity index (χ0v) is 10.4. The summed E-state index contributed by atoms with van der Waals surface area (Å²) < 4.78 is 0. The number of nitrogens with one attached hydrogen (secondary N) is 1. The molecule has 1 amide bonds. The molecule has 1 aromatic rings. The fraction of sp³-hybridized carbons (Fsp3) is 0.462. The molecule has 0 fully saturated rings. The molecule has 4 N–H and O–H groups in total. The molecule has 0 heterocycles. The second-order valence-corrected chi connectivity index (χ2v) is 4.17. The molecule has 4 heteroatoms. The number of aromatic hydroxyl groups is 1. The van der Waals surface area contributed by atoms with Gasteiger partial charge < -0.3 is 16.2 Å². The van der Waals surface area contributed by atoms with Gasteiger partial charge in [-0.05, 0) is 25.0 Å². The van der Waals surface area contributed by atoms with Gasteiger partial charge in [0.1, 0.15) is 5.75 Å². The van der Waals surface area contributed by atoms with Crippen LogP contribution in [0.15, 0.2) is 18.2 Å². The molecule has 0 saturated heterocycles. The van der Waals surface area contributed by atoms with Crippen molar-refractivity contribution in [2.75, 3.05) is 6.54 Å². The van der Waals surface area contributed by atoms with Gasteiger partial charge >= 0.3 is 0 Å². The van der Waals surface area contributed by atoms with Crippen molar-refractivity contribution in [3.05, 3.63) is 29.3 Å². The fourth-order valence-corrected chi connectivity index (χ4v) is 1.70. The van der Waals surface area contributed by atoms with Crippen molar-refractivity contribution < 1.29 is 9.90 Å². The maximum atomic E-state index is 11.9. The zero-order chi connectivity index (χ0) is 12.8. The average Bonchev–Trinajstić information content (AvgIpc) is 2.31. The fourth-order valence-electron chi connectivity index (χ4n) is 1.70. The first-order valence-electron chi connectivity index (χ1n) is 5.89. The average molecular weight is 236 g/mol. The highest BCUT2D eigenvalue weighted by Gasteiger charge is 2.15. The molecule has 0 aliphatic heterocycles. The maximum absolute atomic E-state index is 11.9. The first-order valence-corrected chi connectivity index (χ1v) is 5.89. The summed E-state index contributed by atoms with van der Waals surface area (Å²) in [5.74, 6) is -0.229. The molecule has 17 heavy (non-hydrogen) atoms. The van der Waals surface area contributed by atoms with E-state index in [9.17, 15) is 9.90 Å². The molecular formula is C13H20N2O2. The number of amides is 1. The summed E-state index contributed by atoms with van der Waals surface area (Å²) in [5.41, 5.74) is 6.57. The molecule has 0 aliphatic rings. The number of carbonyl (C=O) groups excluding carboxylic acids is 1. The molecule has 1 unspecified atom stereocenters. The second-order valence-electron chi connectivity index (χ2n) is 4.17. The van der Waals surface area contributed by atoms with Crippen LogP contribution in [0.3, 0.4) is 0 Å².